The number of nitrogens with zero attached hydrogens (tertiary/aromatic N) is 1. The molecule has 104 valence electrons. The minimum absolute atomic E-state index is 0.150. The second-order valence-electron chi connectivity index (χ2n) is 4.83. The largest absolute Gasteiger partial charge is 0.464 e. The van der Waals surface area contributed by atoms with Crippen LogP contribution in [0.2, 0.25) is 10.0 Å². The minimum Gasteiger partial charge on any atom is -0.464 e. The molecule has 0 radical (unpaired) electrons. The highest BCUT2D eigenvalue weighted by Crippen LogP contribution is 2.38. The Morgan fingerprint density at radius 3 is 2.60 bits per heavy atom. The van der Waals surface area contributed by atoms with Crippen molar-refractivity contribution in [2.24, 2.45) is 0 Å². The van der Waals surface area contributed by atoms with Crippen LogP contribution in [-0.2, 0) is 6.42 Å². The van der Waals surface area contributed by atoms with E-state index in [-0.39, 0.29) is 11.5 Å². The third kappa shape index (κ3) is 1.83. The lowest BCUT2D eigenvalue weighted by Gasteiger charge is -2.03. The van der Waals surface area contributed by atoms with Gasteiger partial charge in [-0.1, -0.05) is 23.2 Å². The number of carboxylic acid groups (broad SMARTS) is 1. The molecule has 0 bridgehead atoms. The topological polar surface area (TPSA) is 59.3 Å². The van der Waals surface area contributed by atoms with Crippen molar-refractivity contribution in [2.75, 3.05) is 0 Å². The smallest absolute Gasteiger partial charge is 0.416 e. The first-order chi connectivity index (χ1) is 9.52. The lowest BCUT2D eigenvalue weighted by atomic mass is 10.1. The minimum atomic E-state index is -1.18. The SMILES string of the molecule is O=C1CCCCc2c1n(C(=O)O)c1ccc(Cl)c(Cl)c21. The van der Waals surface area contributed by atoms with Crippen LogP contribution in [0.15, 0.2) is 12.1 Å². The van der Waals surface area contributed by atoms with Crippen LogP contribution in [0.25, 0.3) is 10.9 Å². The molecular weight excluding hydrogens is 301 g/mol. The van der Waals surface area contributed by atoms with E-state index < -0.39 is 6.09 Å². The fraction of sp³-hybridized carbons (Fsp3) is 0.286. The van der Waals surface area contributed by atoms with Crippen LogP contribution in [0.3, 0.4) is 0 Å². The van der Waals surface area contributed by atoms with Gasteiger partial charge >= 0.3 is 6.09 Å². The average molecular weight is 312 g/mol. The van der Waals surface area contributed by atoms with Gasteiger partial charge in [0.1, 0.15) is 0 Å². The fourth-order valence-corrected chi connectivity index (χ4v) is 3.26. The van der Waals surface area contributed by atoms with Crippen LogP contribution in [0.5, 0.6) is 0 Å². The maximum absolute atomic E-state index is 12.2. The number of hydrogen-bond donors (Lipinski definition) is 1. The number of hydrogen-bond acceptors (Lipinski definition) is 2. The molecule has 1 aromatic heterocycles. The Morgan fingerprint density at radius 2 is 1.90 bits per heavy atom. The summed E-state index contributed by atoms with van der Waals surface area (Å²) >= 11 is 12.3. The van der Waals surface area contributed by atoms with Crippen LogP contribution in [0.1, 0.15) is 35.3 Å². The van der Waals surface area contributed by atoms with Gasteiger partial charge in [-0.3, -0.25) is 4.79 Å². The molecule has 0 atom stereocenters. The van der Waals surface area contributed by atoms with E-state index in [0.29, 0.717) is 39.4 Å². The Bertz CT molecular complexity index is 749. The summed E-state index contributed by atoms with van der Waals surface area (Å²) in [4.78, 5) is 23.8. The predicted octanol–water partition coefficient (Wildman–Crippen LogP) is 4.38. The summed E-state index contributed by atoms with van der Waals surface area (Å²) in [5.41, 5.74) is 1.37. The highest BCUT2D eigenvalue weighted by Gasteiger charge is 2.28. The van der Waals surface area contributed by atoms with Crippen LogP contribution in [0, 0.1) is 0 Å². The van der Waals surface area contributed by atoms with E-state index >= 15 is 0 Å². The summed E-state index contributed by atoms with van der Waals surface area (Å²) in [5, 5.41) is 10.7. The molecule has 1 aliphatic rings. The van der Waals surface area contributed by atoms with Gasteiger partial charge in [0.2, 0.25) is 0 Å². The number of aromatic nitrogens is 1. The molecule has 1 heterocycles. The number of rotatable bonds is 0. The molecule has 0 fully saturated rings. The molecule has 1 aliphatic carbocycles. The van der Waals surface area contributed by atoms with Crippen molar-refractivity contribution in [3.63, 3.8) is 0 Å². The summed E-state index contributed by atoms with van der Waals surface area (Å²) < 4.78 is 1.04. The second kappa shape index (κ2) is 4.79. The summed E-state index contributed by atoms with van der Waals surface area (Å²) in [6, 6.07) is 3.15. The molecule has 0 saturated carbocycles. The maximum atomic E-state index is 12.2. The van der Waals surface area contributed by atoms with Crippen LogP contribution in [-0.4, -0.2) is 21.6 Å². The molecule has 3 rings (SSSR count). The molecule has 0 aliphatic heterocycles. The van der Waals surface area contributed by atoms with Gasteiger partial charge < -0.3 is 5.11 Å². The number of carbonyl (C=O) groups is 2. The molecule has 1 N–H and O–H groups in total. The van der Waals surface area contributed by atoms with E-state index in [2.05, 4.69) is 0 Å². The first kappa shape index (κ1) is 13.5. The summed E-state index contributed by atoms with van der Waals surface area (Å²) in [6.45, 7) is 0. The van der Waals surface area contributed by atoms with E-state index in [1.54, 1.807) is 12.1 Å². The Balaban J connectivity index is 2.50. The molecular formula is C14H11Cl2NO3. The van der Waals surface area contributed by atoms with Gasteiger partial charge in [-0.05, 0) is 37.0 Å². The van der Waals surface area contributed by atoms with Gasteiger partial charge in [-0.25, -0.2) is 9.36 Å². The zero-order chi connectivity index (χ0) is 14.4. The van der Waals surface area contributed by atoms with Gasteiger partial charge in [0.05, 0.1) is 21.3 Å². The van der Waals surface area contributed by atoms with E-state index in [0.717, 1.165) is 17.4 Å². The number of ketones is 1. The van der Waals surface area contributed by atoms with Crippen molar-refractivity contribution in [3.8, 4) is 0 Å². The molecule has 20 heavy (non-hydrogen) atoms. The Hall–Kier alpha value is -1.52. The van der Waals surface area contributed by atoms with Crippen molar-refractivity contribution in [2.45, 2.75) is 25.7 Å². The monoisotopic (exact) mass is 311 g/mol. The highest BCUT2D eigenvalue weighted by molar-refractivity contribution is 6.45. The van der Waals surface area contributed by atoms with E-state index in [4.69, 9.17) is 23.2 Å². The third-order valence-corrected chi connectivity index (χ3v) is 4.47. The van der Waals surface area contributed by atoms with Crippen LogP contribution in [0.4, 0.5) is 4.79 Å². The molecule has 0 unspecified atom stereocenters. The first-order valence-electron chi connectivity index (χ1n) is 6.30. The quantitative estimate of drug-likeness (QED) is 0.734. The molecule has 6 heteroatoms. The summed E-state index contributed by atoms with van der Waals surface area (Å²) in [7, 11) is 0. The van der Waals surface area contributed by atoms with Crippen molar-refractivity contribution in [1.82, 2.24) is 4.57 Å². The van der Waals surface area contributed by atoms with Gasteiger partial charge in [-0.15, -0.1) is 0 Å². The van der Waals surface area contributed by atoms with Gasteiger partial charge in [0.15, 0.2) is 5.78 Å². The van der Waals surface area contributed by atoms with Crippen LogP contribution < -0.4 is 0 Å². The third-order valence-electron chi connectivity index (χ3n) is 3.66. The zero-order valence-corrected chi connectivity index (χ0v) is 12.0. The lowest BCUT2D eigenvalue weighted by molar-refractivity contribution is 0.0972. The predicted molar refractivity (Wildman–Crippen MR) is 77.3 cm³/mol. The number of halogens is 2. The zero-order valence-electron chi connectivity index (χ0n) is 10.4. The first-order valence-corrected chi connectivity index (χ1v) is 7.05. The van der Waals surface area contributed by atoms with E-state index in [1.807, 2.05) is 0 Å². The van der Waals surface area contributed by atoms with Crippen molar-refractivity contribution >= 4 is 46.0 Å². The summed E-state index contributed by atoms with van der Waals surface area (Å²) in [6.07, 6.45) is 1.41. The van der Waals surface area contributed by atoms with Gasteiger partial charge in [0.25, 0.3) is 0 Å². The standard InChI is InChI=1S/C14H11Cl2NO3/c15-8-5-6-9-11(12(8)16)7-3-1-2-4-10(18)13(7)17(9)14(19)20/h5-6H,1-4H2,(H,19,20). The number of benzene rings is 1. The Labute approximate surface area is 124 Å². The van der Waals surface area contributed by atoms with E-state index in [1.165, 1.54) is 0 Å². The molecule has 0 spiro atoms. The van der Waals surface area contributed by atoms with Crippen molar-refractivity contribution in [3.05, 3.63) is 33.4 Å². The highest BCUT2D eigenvalue weighted by atomic mass is 35.5. The molecule has 0 saturated heterocycles. The van der Waals surface area contributed by atoms with E-state index in [9.17, 15) is 14.7 Å². The number of carbonyl (C=O) groups excluding carboxylic acids is 1. The average Bonchev–Trinajstić information content (AvgIpc) is 2.63. The summed E-state index contributed by atoms with van der Waals surface area (Å²) in [5.74, 6) is -0.150. The lowest BCUT2D eigenvalue weighted by Crippen LogP contribution is -2.15. The fourth-order valence-electron chi connectivity index (χ4n) is 2.83. The maximum Gasteiger partial charge on any atom is 0.416 e. The molecule has 4 nitrogen and oxygen atoms in total. The second-order valence-corrected chi connectivity index (χ2v) is 5.62. The molecule has 2 aromatic rings. The van der Waals surface area contributed by atoms with Gasteiger partial charge in [-0.2, -0.15) is 0 Å². The molecule has 0 amide bonds. The Kier molecular flexibility index (Phi) is 3.22. The molecule has 1 aromatic carbocycles. The van der Waals surface area contributed by atoms with Crippen LogP contribution >= 0.6 is 23.2 Å². The Morgan fingerprint density at radius 1 is 1.20 bits per heavy atom. The number of aryl methyl sites for hydroxylation is 1. The number of fused-ring (bicyclic) bond motifs is 3. The van der Waals surface area contributed by atoms with Crippen molar-refractivity contribution < 1.29 is 14.7 Å². The normalized spacial score (nSPS) is 15.2. The number of Topliss-reactive ketones (excluding diaryl/α,β-unsaturated/α-hetero) is 1. The van der Waals surface area contributed by atoms with Gasteiger partial charge in [0, 0.05) is 11.8 Å². The van der Waals surface area contributed by atoms with Crippen molar-refractivity contribution in [1.29, 1.82) is 0 Å².